The van der Waals surface area contributed by atoms with E-state index in [1.54, 1.807) is 0 Å². The van der Waals surface area contributed by atoms with Gasteiger partial charge < -0.3 is 0 Å². The molecule has 0 spiro atoms. The van der Waals surface area contributed by atoms with Crippen LogP contribution in [-0.2, 0) is 7.80 Å². The van der Waals surface area contributed by atoms with Crippen molar-refractivity contribution in [2.45, 2.75) is 18.6 Å². The first-order valence-corrected chi connectivity index (χ1v) is 5.24. The molecule has 2 fully saturated rings. The van der Waals surface area contributed by atoms with Crippen molar-refractivity contribution in [1.82, 2.24) is 0 Å². The number of hydrogen-bond acceptors (Lipinski definition) is 2. The Morgan fingerprint density at radius 3 is 3.25 bits per heavy atom. The fourth-order valence-electron chi connectivity index (χ4n) is 1.05. The molecule has 0 radical (unpaired) electrons. The van der Waals surface area contributed by atoms with Crippen LogP contribution in [0.1, 0.15) is 6.42 Å². The molecular weight excluding hydrogens is 219 g/mol. The Labute approximate surface area is 59.4 Å². The minimum atomic E-state index is 0.0817. The van der Waals surface area contributed by atoms with Crippen LogP contribution in [0, 0.1) is 0 Å². The molecule has 0 aromatic carbocycles. The van der Waals surface area contributed by atoms with Gasteiger partial charge in [0.15, 0.2) is 0 Å². The third-order valence-electron chi connectivity index (χ3n) is 1.54. The normalized spacial score (nSPS) is 46.0. The van der Waals surface area contributed by atoms with Gasteiger partial charge in [-0.2, -0.15) is 0 Å². The zero-order chi connectivity index (χ0) is 5.40. The molecule has 8 heavy (non-hydrogen) atoms. The molecule has 3 heteroatoms. The molecule has 0 N–H and O–H groups in total. The van der Waals surface area contributed by atoms with Gasteiger partial charge in [0.1, 0.15) is 0 Å². The van der Waals surface area contributed by atoms with Crippen LogP contribution >= 0.6 is 0 Å². The van der Waals surface area contributed by atoms with E-state index in [4.69, 9.17) is 7.80 Å². The predicted molar refractivity (Wildman–Crippen MR) is 24.1 cm³/mol. The summed E-state index contributed by atoms with van der Waals surface area (Å²) in [6.45, 7) is 0.930. The molecule has 2 atom stereocenters. The van der Waals surface area contributed by atoms with Crippen molar-refractivity contribution < 1.29 is 29.4 Å². The Kier molecular flexibility index (Phi) is 1.44. The van der Waals surface area contributed by atoms with Gasteiger partial charge in [0.25, 0.3) is 0 Å². The van der Waals surface area contributed by atoms with Crippen molar-refractivity contribution in [3.63, 3.8) is 0 Å². The Morgan fingerprint density at radius 1 is 1.38 bits per heavy atom. The van der Waals surface area contributed by atoms with Crippen LogP contribution in [-0.4, -0.2) is 23.2 Å². The van der Waals surface area contributed by atoms with E-state index in [9.17, 15) is 0 Å². The molecule has 48 valence electrons. The first-order chi connectivity index (χ1) is 3.97. The average Bonchev–Trinajstić information content (AvgIpc) is 2.15. The van der Waals surface area contributed by atoms with Crippen molar-refractivity contribution in [2.24, 2.45) is 0 Å². The molecule has 0 bridgehead atoms. The van der Waals surface area contributed by atoms with Crippen LogP contribution in [0.5, 0.6) is 0 Å². The number of rotatable bonds is 0. The molecule has 2 unspecified atom stereocenters. The topological polar surface area (TPSA) is 18.5 Å². The second kappa shape index (κ2) is 2.11. The summed E-state index contributed by atoms with van der Waals surface area (Å²) in [5.74, 6) is 0. The fraction of sp³-hybridized carbons (Fsp3) is 1.00. The van der Waals surface area contributed by atoms with Crippen molar-refractivity contribution in [2.75, 3.05) is 11.0 Å². The molecule has 0 aromatic rings. The Balaban J connectivity index is 2.04. The van der Waals surface area contributed by atoms with Crippen LogP contribution in [0.15, 0.2) is 0 Å². The number of halogens is 1. The summed E-state index contributed by atoms with van der Waals surface area (Å²) in [5.41, 5.74) is 0. The predicted octanol–water partition coefficient (Wildman–Crippen LogP) is -2.82. The van der Waals surface area contributed by atoms with E-state index in [2.05, 4.69) is 0 Å². The number of hydrogen-bond donors (Lipinski definition) is 0. The average molecular weight is 227 g/mol. The molecule has 0 saturated carbocycles. The maximum absolute atomic E-state index is 5.46. The summed E-state index contributed by atoms with van der Waals surface area (Å²) in [6, 6.07) is 0. The van der Waals surface area contributed by atoms with Crippen LogP contribution in [0.3, 0.4) is 0 Å². The molecule has 2 aliphatic heterocycles. The zero-order valence-electron chi connectivity index (χ0n) is 4.47. The van der Waals surface area contributed by atoms with Gasteiger partial charge in [0, 0.05) is 0 Å². The van der Waals surface area contributed by atoms with Gasteiger partial charge >= 0.3 is 59.1 Å². The number of alkyl halides is 1. The van der Waals surface area contributed by atoms with E-state index in [0.717, 1.165) is 13.0 Å². The molecule has 2 saturated heterocycles. The quantitative estimate of drug-likeness (QED) is 0.328. The summed E-state index contributed by atoms with van der Waals surface area (Å²) in [6.07, 6.45) is 2.15. The van der Waals surface area contributed by atoms with Crippen LogP contribution in [0.2, 0.25) is 0 Å². The first-order valence-electron chi connectivity index (χ1n) is 2.83. The molecule has 2 nitrogen and oxygen atoms in total. The summed E-state index contributed by atoms with van der Waals surface area (Å²) in [7, 11) is 0. The molecule has 0 amide bonds. The monoisotopic (exact) mass is 227 g/mol. The zero-order valence-corrected chi connectivity index (χ0v) is 6.63. The first kappa shape index (κ1) is 5.44. The summed E-state index contributed by atoms with van der Waals surface area (Å²) in [4.78, 5) is 0. The van der Waals surface area contributed by atoms with E-state index in [-0.39, 0.29) is 21.6 Å². The number of ether oxygens (including phenoxy) is 1. The molecule has 0 aromatic heterocycles. The molecule has 0 aliphatic carbocycles. The summed E-state index contributed by atoms with van der Waals surface area (Å²) >= 11 is 0.0817. The third kappa shape index (κ3) is 0.766. The van der Waals surface area contributed by atoms with Crippen molar-refractivity contribution in [1.29, 1.82) is 0 Å². The van der Waals surface area contributed by atoms with Gasteiger partial charge in [0.05, 0.1) is 0 Å². The van der Waals surface area contributed by atoms with Crippen LogP contribution < -0.4 is 21.6 Å². The van der Waals surface area contributed by atoms with Crippen LogP contribution in [0.4, 0.5) is 0 Å². The van der Waals surface area contributed by atoms with E-state index in [0.29, 0.717) is 12.2 Å². The SMILES string of the molecule is C1CC2O[I-]CC2O1. The molecule has 2 heterocycles. The van der Waals surface area contributed by atoms with E-state index in [1.807, 2.05) is 0 Å². The maximum atomic E-state index is 5.46. The minimum absolute atomic E-state index is 0.0817. The number of fused-ring (bicyclic) bond motifs is 1. The standard InChI is InChI=1S/C5H8IO2/c1-2-7-5-3-6-8-4(1)5/h4-5H,1-3H2/q-1. The van der Waals surface area contributed by atoms with Gasteiger partial charge in [-0.1, -0.05) is 0 Å². The molecular formula is C5H8IO2-. The van der Waals surface area contributed by atoms with Crippen molar-refractivity contribution in [3.8, 4) is 0 Å². The molecule has 2 aliphatic rings. The molecule has 2 rings (SSSR count). The Morgan fingerprint density at radius 2 is 2.38 bits per heavy atom. The van der Waals surface area contributed by atoms with E-state index >= 15 is 0 Å². The van der Waals surface area contributed by atoms with Crippen molar-refractivity contribution in [3.05, 3.63) is 0 Å². The van der Waals surface area contributed by atoms with Gasteiger partial charge in [-0.15, -0.1) is 0 Å². The summed E-state index contributed by atoms with van der Waals surface area (Å²) in [5, 5.41) is 0. The summed E-state index contributed by atoms with van der Waals surface area (Å²) < 4.78 is 12.1. The Hall–Kier alpha value is 0.650. The van der Waals surface area contributed by atoms with Gasteiger partial charge in [-0.05, 0) is 0 Å². The Bertz CT molecular complexity index is 76.4. The van der Waals surface area contributed by atoms with Gasteiger partial charge in [-0.3, -0.25) is 0 Å². The van der Waals surface area contributed by atoms with Crippen molar-refractivity contribution >= 4 is 0 Å². The second-order valence-electron chi connectivity index (χ2n) is 2.09. The van der Waals surface area contributed by atoms with E-state index < -0.39 is 0 Å². The van der Waals surface area contributed by atoms with E-state index in [1.165, 1.54) is 4.43 Å². The third-order valence-corrected chi connectivity index (χ3v) is 3.78. The second-order valence-corrected chi connectivity index (χ2v) is 4.10. The van der Waals surface area contributed by atoms with Crippen LogP contribution in [0.25, 0.3) is 0 Å². The fourth-order valence-corrected chi connectivity index (χ4v) is 3.48. The van der Waals surface area contributed by atoms with Gasteiger partial charge in [-0.25, -0.2) is 0 Å². The van der Waals surface area contributed by atoms with Gasteiger partial charge in [0.2, 0.25) is 0 Å².